The molecule has 1 aliphatic rings. The first-order valence-corrected chi connectivity index (χ1v) is 9.31. The Morgan fingerprint density at radius 3 is 2.75 bits per heavy atom. The lowest BCUT2D eigenvalue weighted by molar-refractivity contribution is 0.169. The van der Waals surface area contributed by atoms with Crippen LogP contribution in [0.2, 0.25) is 0 Å². The zero-order chi connectivity index (χ0) is 14.6. The standard InChI is InChI=1S/C14H21NO3S2/c1-12-5-3-4-6-14(12)20(16,17)15(8-9-18-2)13-7-10-19-11-13/h3-6,13H,7-11H2,1-2H3. The number of benzene rings is 1. The Morgan fingerprint density at radius 2 is 2.15 bits per heavy atom. The molecular weight excluding hydrogens is 294 g/mol. The molecule has 1 fully saturated rings. The van der Waals surface area contributed by atoms with Gasteiger partial charge in [0, 0.05) is 25.4 Å². The summed E-state index contributed by atoms with van der Waals surface area (Å²) in [5, 5.41) is 0. The van der Waals surface area contributed by atoms with E-state index in [9.17, 15) is 8.42 Å². The predicted molar refractivity (Wildman–Crippen MR) is 82.7 cm³/mol. The van der Waals surface area contributed by atoms with E-state index in [0.29, 0.717) is 18.0 Å². The van der Waals surface area contributed by atoms with Crippen LogP contribution in [0.4, 0.5) is 0 Å². The number of sulfonamides is 1. The van der Waals surface area contributed by atoms with Gasteiger partial charge in [-0.15, -0.1) is 0 Å². The minimum Gasteiger partial charge on any atom is -0.383 e. The second kappa shape index (κ2) is 6.93. The number of hydrogen-bond donors (Lipinski definition) is 0. The Morgan fingerprint density at radius 1 is 1.40 bits per heavy atom. The average molecular weight is 315 g/mol. The minimum atomic E-state index is -3.45. The topological polar surface area (TPSA) is 46.6 Å². The van der Waals surface area contributed by atoms with Crippen LogP contribution in [0.3, 0.4) is 0 Å². The zero-order valence-corrected chi connectivity index (χ0v) is 13.5. The summed E-state index contributed by atoms with van der Waals surface area (Å²) in [4.78, 5) is 0.410. The van der Waals surface area contributed by atoms with Crippen molar-refractivity contribution in [1.82, 2.24) is 4.31 Å². The number of methoxy groups -OCH3 is 1. The molecule has 4 nitrogen and oxygen atoms in total. The Balaban J connectivity index is 2.33. The van der Waals surface area contributed by atoms with E-state index >= 15 is 0 Å². The zero-order valence-electron chi connectivity index (χ0n) is 11.9. The van der Waals surface area contributed by atoms with Crippen LogP contribution in [0.5, 0.6) is 0 Å². The van der Waals surface area contributed by atoms with Gasteiger partial charge in [0.05, 0.1) is 11.5 Å². The summed E-state index contributed by atoms with van der Waals surface area (Å²) < 4.78 is 32.5. The van der Waals surface area contributed by atoms with E-state index in [1.54, 1.807) is 23.5 Å². The minimum absolute atomic E-state index is 0.0831. The molecule has 0 bridgehead atoms. The number of thioether (sulfide) groups is 1. The van der Waals surface area contributed by atoms with Gasteiger partial charge in [0.2, 0.25) is 10.0 Å². The van der Waals surface area contributed by atoms with Crippen molar-refractivity contribution in [2.45, 2.75) is 24.3 Å². The summed E-state index contributed by atoms with van der Waals surface area (Å²) in [5.74, 6) is 1.90. The van der Waals surface area contributed by atoms with Gasteiger partial charge in [-0.2, -0.15) is 16.1 Å². The van der Waals surface area contributed by atoms with Crippen molar-refractivity contribution in [2.24, 2.45) is 0 Å². The molecule has 1 saturated heterocycles. The molecule has 1 heterocycles. The van der Waals surface area contributed by atoms with Crippen LogP contribution in [0, 0.1) is 6.92 Å². The molecule has 0 radical (unpaired) electrons. The highest BCUT2D eigenvalue weighted by Crippen LogP contribution is 2.28. The quantitative estimate of drug-likeness (QED) is 0.807. The third-order valence-electron chi connectivity index (χ3n) is 3.51. The lowest BCUT2D eigenvalue weighted by Gasteiger charge is -2.28. The Labute approximate surface area is 125 Å². The number of nitrogens with zero attached hydrogens (tertiary/aromatic N) is 1. The molecule has 1 aromatic rings. The molecule has 0 aromatic heterocycles. The summed E-state index contributed by atoms with van der Waals surface area (Å²) in [7, 11) is -1.85. The fraction of sp³-hybridized carbons (Fsp3) is 0.571. The van der Waals surface area contributed by atoms with E-state index in [0.717, 1.165) is 23.5 Å². The monoisotopic (exact) mass is 315 g/mol. The van der Waals surface area contributed by atoms with Crippen LogP contribution in [0.1, 0.15) is 12.0 Å². The highest BCUT2D eigenvalue weighted by molar-refractivity contribution is 7.99. The summed E-state index contributed by atoms with van der Waals surface area (Å²) in [5.41, 5.74) is 0.792. The van der Waals surface area contributed by atoms with Crippen LogP contribution >= 0.6 is 11.8 Å². The van der Waals surface area contributed by atoms with Crippen LogP contribution < -0.4 is 0 Å². The third-order valence-corrected chi connectivity index (χ3v) is 6.77. The second-order valence-corrected chi connectivity index (χ2v) is 7.90. The van der Waals surface area contributed by atoms with Gasteiger partial charge in [-0.05, 0) is 30.7 Å². The smallest absolute Gasteiger partial charge is 0.243 e. The van der Waals surface area contributed by atoms with Crippen LogP contribution in [0.15, 0.2) is 29.2 Å². The molecule has 0 spiro atoms. The summed E-state index contributed by atoms with van der Waals surface area (Å²) >= 11 is 1.81. The molecule has 1 unspecified atom stereocenters. The van der Waals surface area contributed by atoms with Gasteiger partial charge < -0.3 is 4.74 Å². The van der Waals surface area contributed by atoms with Crippen molar-refractivity contribution < 1.29 is 13.2 Å². The Kier molecular flexibility index (Phi) is 5.49. The van der Waals surface area contributed by atoms with E-state index in [1.165, 1.54) is 0 Å². The molecule has 1 atom stereocenters. The largest absolute Gasteiger partial charge is 0.383 e. The summed E-state index contributed by atoms with van der Waals surface area (Å²) in [6, 6.07) is 7.24. The van der Waals surface area contributed by atoms with Crippen LogP contribution in [0.25, 0.3) is 0 Å². The number of rotatable bonds is 6. The van der Waals surface area contributed by atoms with E-state index < -0.39 is 10.0 Å². The maximum atomic E-state index is 12.9. The molecule has 1 aromatic carbocycles. The van der Waals surface area contributed by atoms with Crippen LogP contribution in [-0.4, -0.2) is 50.5 Å². The molecule has 0 saturated carbocycles. The first kappa shape index (κ1) is 15.8. The maximum absolute atomic E-state index is 12.9. The maximum Gasteiger partial charge on any atom is 0.243 e. The predicted octanol–water partition coefficient (Wildman–Crippen LogP) is 2.14. The van der Waals surface area contributed by atoms with Crippen LogP contribution in [-0.2, 0) is 14.8 Å². The Bertz CT molecular complexity index is 539. The molecule has 6 heteroatoms. The SMILES string of the molecule is COCCN(C1CCSC1)S(=O)(=O)c1ccccc1C. The molecule has 0 aliphatic carbocycles. The van der Waals surface area contributed by atoms with Gasteiger partial charge in [-0.3, -0.25) is 0 Å². The van der Waals surface area contributed by atoms with E-state index in [-0.39, 0.29) is 6.04 Å². The fourth-order valence-corrected chi connectivity index (χ4v) is 5.59. The molecule has 0 N–H and O–H groups in total. The second-order valence-electron chi connectivity index (χ2n) is 4.89. The third kappa shape index (κ3) is 3.36. The average Bonchev–Trinajstić information content (AvgIpc) is 2.93. The molecule has 112 valence electrons. The van der Waals surface area contributed by atoms with Gasteiger partial charge in [0.1, 0.15) is 0 Å². The molecule has 20 heavy (non-hydrogen) atoms. The first-order chi connectivity index (χ1) is 9.57. The Hall–Kier alpha value is -0.560. The highest BCUT2D eigenvalue weighted by atomic mass is 32.2. The van der Waals surface area contributed by atoms with Gasteiger partial charge >= 0.3 is 0 Å². The van der Waals surface area contributed by atoms with Crippen molar-refractivity contribution in [1.29, 1.82) is 0 Å². The van der Waals surface area contributed by atoms with Crippen molar-refractivity contribution in [3.05, 3.63) is 29.8 Å². The van der Waals surface area contributed by atoms with Gasteiger partial charge in [0.15, 0.2) is 0 Å². The molecular formula is C14H21NO3S2. The summed E-state index contributed by atoms with van der Waals surface area (Å²) in [6.07, 6.45) is 0.916. The van der Waals surface area contributed by atoms with E-state index in [2.05, 4.69) is 0 Å². The lowest BCUT2D eigenvalue weighted by atomic mass is 10.2. The lowest BCUT2D eigenvalue weighted by Crippen LogP contribution is -2.42. The van der Waals surface area contributed by atoms with Crippen molar-refractivity contribution in [3.8, 4) is 0 Å². The fourth-order valence-electron chi connectivity index (χ4n) is 2.40. The summed E-state index contributed by atoms with van der Waals surface area (Å²) in [6.45, 7) is 2.68. The van der Waals surface area contributed by atoms with Crippen molar-refractivity contribution in [2.75, 3.05) is 31.8 Å². The van der Waals surface area contributed by atoms with E-state index in [4.69, 9.17) is 4.74 Å². The van der Waals surface area contributed by atoms with Gasteiger partial charge in [-0.25, -0.2) is 8.42 Å². The van der Waals surface area contributed by atoms with Gasteiger partial charge in [-0.1, -0.05) is 18.2 Å². The van der Waals surface area contributed by atoms with Crippen molar-refractivity contribution in [3.63, 3.8) is 0 Å². The molecule has 0 amide bonds. The molecule has 2 rings (SSSR count). The number of hydrogen-bond acceptors (Lipinski definition) is 4. The highest BCUT2D eigenvalue weighted by Gasteiger charge is 2.33. The van der Waals surface area contributed by atoms with Crippen molar-refractivity contribution >= 4 is 21.8 Å². The number of ether oxygens (including phenoxy) is 1. The normalized spacial score (nSPS) is 19.6. The first-order valence-electron chi connectivity index (χ1n) is 6.71. The van der Waals surface area contributed by atoms with Gasteiger partial charge in [0.25, 0.3) is 0 Å². The molecule has 1 aliphatic heterocycles. The van der Waals surface area contributed by atoms with E-state index in [1.807, 2.05) is 30.8 Å². The number of aryl methyl sites for hydroxylation is 1.